The van der Waals surface area contributed by atoms with E-state index >= 15 is 0 Å². The van der Waals surface area contributed by atoms with Gasteiger partial charge in [-0.15, -0.1) is 0 Å². The maximum atomic E-state index is 13.7. The summed E-state index contributed by atoms with van der Waals surface area (Å²) in [6.07, 6.45) is 0. The van der Waals surface area contributed by atoms with Gasteiger partial charge in [0.15, 0.2) is 17.3 Å². The molecule has 3 aromatic carbocycles. The minimum atomic E-state index is -0.460. The van der Waals surface area contributed by atoms with Crippen LogP contribution < -0.4 is 9.47 Å². The summed E-state index contributed by atoms with van der Waals surface area (Å²) in [5, 5.41) is 0. The predicted molar refractivity (Wildman–Crippen MR) is 112 cm³/mol. The first-order valence-electron chi connectivity index (χ1n) is 9.88. The molecule has 0 radical (unpaired) electrons. The molecular weight excluding hydrogens is 378 g/mol. The van der Waals surface area contributed by atoms with Gasteiger partial charge in [0.1, 0.15) is 0 Å². The topological polar surface area (TPSA) is 55.8 Å². The van der Waals surface area contributed by atoms with Crippen LogP contribution in [0.4, 0.5) is 0 Å². The van der Waals surface area contributed by atoms with E-state index in [2.05, 4.69) is 0 Å². The van der Waals surface area contributed by atoms with Gasteiger partial charge in [0.2, 0.25) is 0 Å². The summed E-state index contributed by atoms with van der Waals surface area (Å²) in [5.41, 5.74) is 3.70. The van der Waals surface area contributed by atoms with E-state index in [1.807, 2.05) is 59.5 Å². The molecule has 2 aliphatic rings. The molecule has 2 atom stereocenters. The molecule has 0 N–H and O–H groups in total. The fourth-order valence-corrected chi connectivity index (χ4v) is 4.77. The molecule has 5 nitrogen and oxygen atoms in total. The number of nitrogens with zero attached hydrogens (tertiary/aromatic N) is 1. The van der Waals surface area contributed by atoms with Gasteiger partial charge in [0.25, 0.3) is 5.91 Å². The van der Waals surface area contributed by atoms with E-state index in [0.717, 1.165) is 16.7 Å². The van der Waals surface area contributed by atoms with E-state index in [-0.39, 0.29) is 17.7 Å². The van der Waals surface area contributed by atoms with Crippen LogP contribution >= 0.6 is 0 Å². The zero-order valence-corrected chi connectivity index (χ0v) is 16.8. The number of amides is 1. The maximum Gasteiger partial charge on any atom is 0.255 e. The van der Waals surface area contributed by atoms with Crippen LogP contribution in [-0.2, 0) is 6.54 Å². The van der Waals surface area contributed by atoms with Crippen molar-refractivity contribution in [3.63, 3.8) is 0 Å². The van der Waals surface area contributed by atoms with E-state index in [1.54, 1.807) is 19.2 Å². The van der Waals surface area contributed by atoms with E-state index < -0.39 is 5.92 Å². The second kappa shape index (κ2) is 7.02. The molecule has 0 saturated carbocycles. The summed E-state index contributed by atoms with van der Waals surface area (Å²) >= 11 is 0. The van der Waals surface area contributed by atoms with Crippen LogP contribution in [0.5, 0.6) is 11.5 Å². The number of carbonyl (C=O) groups excluding carboxylic acids is 2. The Kier molecular flexibility index (Phi) is 4.31. The fraction of sp³-hybridized carbons (Fsp3) is 0.200. The van der Waals surface area contributed by atoms with E-state index in [9.17, 15) is 9.59 Å². The number of benzene rings is 3. The molecule has 0 spiro atoms. The van der Waals surface area contributed by atoms with Gasteiger partial charge in [-0.2, -0.15) is 0 Å². The monoisotopic (exact) mass is 399 g/mol. The van der Waals surface area contributed by atoms with E-state index in [1.165, 1.54) is 7.11 Å². The van der Waals surface area contributed by atoms with Crippen molar-refractivity contribution in [1.29, 1.82) is 0 Å². The van der Waals surface area contributed by atoms with Crippen molar-refractivity contribution in [3.8, 4) is 11.5 Å². The Morgan fingerprint density at radius 2 is 1.57 bits per heavy atom. The largest absolute Gasteiger partial charge is 0.493 e. The fourth-order valence-electron chi connectivity index (χ4n) is 4.77. The summed E-state index contributed by atoms with van der Waals surface area (Å²) in [7, 11) is 3.09. The third kappa shape index (κ3) is 2.55. The smallest absolute Gasteiger partial charge is 0.255 e. The van der Waals surface area contributed by atoms with Gasteiger partial charge >= 0.3 is 0 Å². The van der Waals surface area contributed by atoms with Crippen LogP contribution in [0.25, 0.3) is 0 Å². The molecule has 0 fully saturated rings. The standard InChI is InChI=1S/C25H21NO4/c1-29-19-13-12-18-21(24(19)30-2)23(27)20-16-10-6-7-11-17(16)25(28)26(22(18)20)14-15-8-4-3-5-9-15/h3-13,20,22H,14H2,1-2H3. The molecule has 2 unspecified atom stereocenters. The van der Waals surface area contributed by atoms with Crippen LogP contribution in [0.1, 0.15) is 49.4 Å². The van der Waals surface area contributed by atoms with Crippen molar-refractivity contribution in [3.05, 3.63) is 94.5 Å². The van der Waals surface area contributed by atoms with Gasteiger partial charge in [-0.05, 0) is 28.8 Å². The lowest BCUT2D eigenvalue weighted by molar-refractivity contribution is 0.0589. The van der Waals surface area contributed by atoms with Crippen molar-refractivity contribution < 1.29 is 19.1 Å². The number of hydrogen-bond acceptors (Lipinski definition) is 4. The molecule has 5 rings (SSSR count). The Bertz CT molecular complexity index is 1160. The number of ether oxygens (including phenoxy) is 2. The van der Waals surface area contributed by atoms with Gasteiger partial charge in [-0.1, -0.05) is 54.6 Å². The van der Waals surface area contributed by atoms with Crippen molar-refractivity contribution in [2.45, 2.75) is 18.5 Å². The van der Waals surface area contributed by atoms with Crippen molar-refractivity contribution in [2.75, 3.05) is 14.2 Å². The SMILES string of the molecule is COc1ccc2c(c1OC)C(=O)C1c3ccccc3C(=O)N(Cc3ccccc3)C21. The number of rotatable bonds is 4. The van der Waals surface area contributed by atoms with Crippen LogP contribution in [0.3, 0.4) is 0 Å². The lowest BCUT2D eigenvalue weighted by Gasteiger charge is -2.38. The highest BCUT2D eigenvalue weighted by Gasteiger charge is 2.51. The molecular formula is C25H21NO4. The number of carbonyl (C=O) groups is 2. The highest BCUT2D eigenvalue weighted by molar-refractivity contribution is 6.12. The summed E-state index contributed by atoms with van der Waals surface area (Å²) in [5.74, 6) is 0.380. The first-order chi connectivity index (χ1) is 14.7. The zero-order chi connectivity index (χ0) is 20.8. The van der Waals surface area contributed by atoms with Gasteiger partial charge in [0.05, 0.1) is 31.7 Å². The van der Waals surface area contributed by atoms with Gasteiger partial charge < -0.3 is 14.4 Å². The Morgan fingerprint density at radius 3 is 2.30 bits per heavy atom. The van der Waals surface area contributed by atoms with Crippen LogP contribution in [0, 0.1) is 0 Å². The maximum absolute atomic E-state index is 13.7. The first-order valence-corrected chi connectivity index (χ1v) is 9.88. The molecule has 0 bridgehead atoms. The van der Waals surface area contributed by atoms with Gasteiger partial charge in [-0.3, -0.25) is 9.59 Å². The Balaban J connectivity index is 1.73. The molecule has 0 saturated heterocycles. The Hall–Kier alpha value is -3.60. The van der Waals surface area contributed by atoms with Crippen LogP contribution in [0.15, 0.2) is 66.7 Å². The predicted octanol–water partition coefficient (Wildman–Crippen LogP) is 4.38. The zero-order valence-electron chi connectivity index (χ0n) is 16.8. The molecule has 30 heavy (non-hydrogen) atoms. The van der Waals surface area contributed by atoms with Crippen molar-refractivity contribution in [1.82, 2.24) is 4.90 Å². The molecule has 1 heterocycles. The van der Waals surface area contributed by atoms with Gasteiger partial charge in [-0.25, -0.2) is 0 Å². The number of fused-ring (bicyclic) bond motifs is 5. The van der Waals surface area contributed by atoms with Crippen molar-refractivity contribution in [2.24, 2.45) is 0 Å². The van der Waals surface area contributed by atoms with Crippen molar-refractivity contribution >= 4 is 11.7 Å². The second-order valence-corrected chi connectivity index (χ2v) is 7.56. The molecule has 150 valence electrons. The summed E-state index contributed by atoms with van der Waals surface area (Å²) < 4.78 is 11.0. The lowest BCUT2D eigenvalue weighted by Crippen LogP contribution is -2.41. The quantitative estimate of drug-likeness (QED) is 0.653. The molecule has 3 aromatic rings. The number of hydrogen-bond donors (Lipinski definition) is 0. The average Bonchev–Trinajstić information content (AvgIpc) is 3.09. The minimum Gasteiger partial charge on any atom is -0.493 e. The Labute approximate surface area is 174 Å². The van der Waals surface area contributed by atoms with Crippen LogP contribution in [0.2, 0.25) is 0 Å². The molecule has 1 aliphatic carbocycles. The lowest BCUT2D eigenvalue weighted by atomic mass is 9.82. The Morgan fingerprint density at radius 1 is 0.833 bits per heavy atom. The summed E-state index contributed by atoms with van der Waals surface area (Å²) in [6.45, 7) is 0.427. The normalized spacial score (nSPS) is 19.2. The number of ketones is 1. The number of methoxy groups -OCH3 is 2. The number of Topliss-reactive ketones (excluding diaryl/α,β-unsaturated/α-hetero) is 1. The molecule has 1 amide bonds. The summed E-state index contributed by atoms with van der Waals surface area (Å²) in [4.78, 5) is 29.0. The second-order valence-electron chi connectivity index (χ2n) is 7.56. The highest BCUT2D eigenvalue weighted by atomic mass is 16.5. The molecule has 5 heteroatoms. The van der Waals surface area contributed by atoms with Gasteiger partial charge in [0, 0.05) is 12.1 Å². The van der Waals surface area contributed by atoms with E-state index in [4.69, 9.17) is 9.47 Å². The first kappa shape index (κ1) is 18.4. The van der Waals surface area contributed by atoms with E-state index in [0.29, 0.717) is 29.2 Å². The highest BCUT2D eigenvalue weighted by Crippen LogP contribution is 2.54. The van der Waals surface area contributed by atoms with Crippen LogP contribution in [-0.4, -0.2) is 30.8 Å². The average molecular weight is 399 g/mol. The third-order valence-corrected chi connectivity index (χ3v) is 6.06. The molecule has 1 aliphatic heterocycles. The summed E-state index contributed by atoms with van der Waals surface area (Å²) in [6, 6.07) is 20.6. The third-order valence-electron chi connectivity index (χ3n) is 6.06. The minimum absolute atomic E-state index is 0.0382. The molecule has 0 aromatic heterocycles.